The second kappa shape index (κ2) is 4.01. The molecule has 1 aliphatic heterocycles. The fraction of sp³-hybridized carbons (Fsp3) is 0.500. The summed E-state index contributed by atoms with van der Waals surface area (Å²) in [6.45, 7) is 5.71. The Bertz CT molecular complexity index is 357. The summed E-state index contributed by atoms with van der Waals surface area (Å²) in [5.41, 5.74) is 3.29. The summed E-state index contributed by atoms with van der Waals surface area (Å²) in [6.07, 6.45) is 1.36. The molecule has 0 N–H and O–H groups in total. The van der Waals surface area contributed by atoms with Crippen LogP contribution in [0.15, 0.2) is 12.1 Å². The van der Waals surface area contributed by atoms with Gasteiger partial charge in [-0.2, -0.15) is 0 Å². The number of aryl methyl sites for hydroxylation is 2. The lowest BCUT2D eigenvalue weighted by molar-refractivity contribution is -0.119. The Kier molecular flexibility index (Phi) is 2.71. The number of hydrogen-bond donors (Lipinski definition) is 0. The molecule has 2 heterocycles. The molecule has 0 aliphatic carbocycles. The Morgan fingerprint density at radius 3 is 2.20 bits per heavy atom. The zero-order valence-corrected chi connectivity index (χ0v) is 9.29. The lowest BCUT2D eigenvalue weighted by Crippen LogP contribution is -2.33. The van der Waals surface area contributed by atoms with Crippen LogP contribution in [0.3, 0.4) is 0 Å². The van der Waals surface area contributed by atoms with E-state index in [2.05, 4.69) is 22.0 Å². The summed E-state index contributed by atoms with van der Waals surface area (Å²) in [7, 11) is 0. The number of aromatic nitrogens is 1. The predicted octanol–water partition coefficient (Wildman–Crippen LogP) is 1.87. The molecule has 3 nitrogen and oxygen atoms in total. The summed E-state index contributed by atoms with van der Waals surface area (Å²) in [5, 5.41) is 0. The molecule has 0 aromatic carbocycles. The highest BCUT2D eigenvalue weighted by Gasteiger charge is 2.16. The van der Waals surface area contributed by atoms with Gasteiger partial charge in [0.15, 0.2) is 0 Å². The molecule has 0 atom stereocenters. The number of anilines is 1. The number of carbonyl (C=O) groups is 1. The SMILES string of the molecule is Cc1cc(N2CCC(=O)CC2)cc(C)n1. The van der Waals surface area contributed by atoms with Gasteiger partial charge in [0.25, 0.3) is 0 Å². The van der Waals surface area contributed by atoms with E-state index in [1.165, 1.54) is 5.69 Å². The number of pyridine rings is 1. The van der Waals surface area contributed by atoms with E-state index in [-0.39, 0.29) is 0 Å². The highest BCUT2D eigenvalue weighted by atomic mass is 16.1. The van der Waals surface area contributed by atoms with Crippen molar-refractivity contribution in [2.24, 2.45) is 0 Å². The molecule has 80 valence electrons. The van der Waals surface area contributed by atoms with Crippen LogP contribution in [0, 0.1) is 13.8 Å². The summed E-state index contributed by atoms with van der Waals surface area (Å²) in [4.78, 5) is 17.8. The summed E-state index contributed by atoms with van der Waals surface area (Å²) in [5.74, 6) is 0.383. The van der Waals surface area contributed by atoms with Crippen molar-refractivity contribution < 1.29 is 4.79 Å². The minimum atomic E-state index is 0.383. The molecule has 0 saturated carbocycles. The van der Waals surface area contributed by atoms with Gasteiger partial charge in [0.1, 0.15) is 5.78 Å². The molecule has 0 amide bonds. The van der Waals surface area contributed by atoms with Crippen LogP contribution in [0.1, 0.15) is 24.2 Å². The van der Waals surface area contributed by atoms with Gasteiger partial charge in [0.2, 0.25) is 0 Å². The quantitative estimate of drug-likeness (QED) is 0.700. The average molecular weight is 204 g/mol. The van der Waals surface area contributed by atoms with E-state index in [0.717, 1.165) is 24.5 Å². The molecule has 1 aromatic rings. The van der Waals surface area contributed by atoms with Crippen molar-refractivity contribution in [2.45, 2.75) is 26.7 Å². The molecule has 0 unspecified atom stereocenters. The minimum Gasteiger partial charge on any atom is -0.371 e. The van der Waals surface area contributed by atoms with Crippen molar-refractivity contribution in [1.82, 2.24) is 4.98 Å². The molecule has 0 spiro atoms. The van der Waals surface area contributed by atoms with E-state index in [0.29, 0.717) is 18.6 Å². The molecule has 0 radical (unpaired) electrons. The molecule has 0 bridgehead atoms. The van der Waals surface area contributed by atoms with E-state index in [9.17, 15) is 4.79 Å². The van der Waals surface area contributed by atoms with E-state index in [1.54, 1.807) is 0 Å². The van der Waals surface area contributed by atoms with Crippen molar-refractivity contribution in [3.8, 4) is 0 Å². The van der Waals surface area contributed by atoms with Crippen LogP contribution in [-0.4, -0.2) is 23.9 Å². The Hall–Kier alpha value is -1.38. The highest BCUT2D eigenvalue weighted by molar-refractivity contribution is 5.81. The van der Waals surface area contributed by atoms with Crippen LogP contribution in [0.25, 0.3) is 0 Å². The molecule has 1 aliphatic rings. The largest absolute Gasteiger partial charge is 0.371 e. The van der Waals surface area contributed by atoms with Crippen LogP contribution in [0.5, 0.6) is 0 Å². The molecular weight excluding hydrogens is 188 g/mol. The fourth-order valence-corrected chi connectivity index (χ4v) is 2.01. The van der Waals surface area contributed by atoms with Crippen LogP contribution in [-0.2, 0) is 4.79 Å². The van der Waals surface area contributed by atoms with Gasteiger partial charge in [-0.1, -0.05) is 0 Å². The van der Waals surface area contributed by atoms with Gasteiger partial charge in [-0.25, -0.2) is 0 Å². The zero-order valence-electron chi connectivity index (χ0n) is 9.29. The number of Topliss-reactive ketones (excluding diaryl/α,β-unsaturated/α-hetero) is 1. The number of hydrogen-bond acceptors (Lipinski definition) is 3. The Balaban J connectivity index is 2.18. The van der Waals surface area contributed by atoms with Crippen LogP contribution < -0.4 is 4.90 Å². The average Bonchev–Trinajstić information content (AvgIpc) is 2.17. The number of carbonyl (C=O) groups excluding carboxylic acids is 1. The summed E-state index contributed by atoms with van der Waals surface area (Å²) in [6, 6.07) is 4.17. The topological polar surface area (TPSA) is 33.2 Å². The number of rotatable bonds is 1. The second-order valence-corrected chi connectivity index (χ2v) is 4.13. The second-order valence-electron chi connectivity index (χ2n) is 4.13. The normalized spacial score (nSPS) is 16.9. The maximum absolute atomic E-state index is 11.1. The van der Waals surface area contributed by atoms with Crippen molar-refractivity contribution in [1.29, 1.82) is 0 Å². The minimum absolute atomic E-state index is 0.383. The standard InChI is InChI=1S/C12H16N2O/c1-9-7-11(8-10(2)13-9)14-5-3-12(15)4-6-14/h7-8H,3-6H2,1-2H3. The number of ketones is 1. The molecule has 2 rings (SSSR count). The smallest absolute Gasteiger partial charge is 0.136 e. The van der Waals surface area contributed by atoms with Crippen molar-refractivity contribution >= 4 is 11.5 Å². The molecule has 3 heteroatoms. The summed E-state index contributed by atoms with van der Waals surface area (Å²) >= 11 is 0. The van der Waals surface area contributed by atoms with Gasteiger partial charge in [-0.05, 0) is 26.0 Å². The molecule has 1 aromatic heterocycles. The Morgan fingerprint density at radius 2 is 1.67 bits per heavy atom. The maximum Gasteiger partial charge on any atom is 0.136 e. The first-order chi connectivity index (χ1) is 7.15. The monoisotopic (exact) mass is 204 g/mol. The molecular formula is C12H16N2O. The molecule has 15 heavy (non-hydrogen) atoms. The van der Waals surface area contributed by atoms with Gasteiger partial charge in [0, 0.05) is 43.0 Å². The van der Waals surface area contributed by atoms with Crippen LogP contribution in [0.4, 0.5) is 5.69 Å². The first-order valence-electron chi connectivity index (χ1n) is 5.37. The van der Waals surface area contributed by atoms with Crippen molar-refractivity contribution in [3.63, 3.8) is 0 Å². The third-order valence-corrected chi connectivity index (χ3v) is 2.75. The fourth-order valence-electron chi connectivity index (χ4n) is 2.01. The first-order valence-corrected chi connectivity index (χ1v) is 5.37. The van der Waals surface area contributed by atoms with Crippen LogP contribution >= 0.6 is 0 Å². The number of nitrogens with zero attached hydrogens (tertiary/aromatic N) is 2. The summed E-state index contributed by atoms with van der Waals surface area (Å²) < 4.78 is 0. The third kappa shape index (κ3) is 2.35. The van der Waals surface area contributed by atoms with E-state index in [4.69, 9.17) is 0 Å². The Morgan fingerprint density at radius 1 is 1.13 bits per heavy atom. The van der Waals surface area contributed by atoms with E-state index >= 15 is 0 Å². The third-order valence-electron chi connectivity index (χ3n) is 2.75. The predicted molar refractivity (Wildman–Crippen MR) is 60.2 cm³/mol. The molecule has 1 saturated heterocycles. The molecule has 1 fully saturated rings. The van der Waals surface area contributed by atoms with Gasteiger partial charge in [0.05, 0.1) is 0 Å². The Labute approximate surface area is 90.1 Å². The van der Waals surface area contributed by atoms with Gasteiger partial charge < -0.3 is 4.90 Å². The lowest BCUT2D eigenvalue weighted by Gasteiger charge is -2.28. The van der Waals surface area contributed by atoms with E-state index < -0.39 is 0 Å². The first kappa shape index (κ1) is 10.1. The maximum atomic E-state index is 11.1. The van der Waals surface area contributed by atoms with Gasteiger partial charge in [-0.15, -0.1) is 0 Å². The van der Waals surface area contributed by atoms with Crippen molar-refractivity contribution in [3.05, 3.63) is 23.5 Å². The van der Waals surface area contributed by atoms with E-state index in [1.807, 2.05) is 13.8 Å². The highest BCUT2D eigenvalue weighted by Crippen LogP contribution is 2.19. The zero-order chi connectivity index (χ0) is 10.8. The van der Waals surface area contributed by atoms with Gasteiger partial charge in [-0.3, -0.25) is 9.78 Å². The van der Waals surface area contributed by atoms with Crippen molar-refractivity contribution in [2.75, 3.05) is 18.0 Å². The number of piperidine rings is 1. The van der Waals surface area contributed by atoms with Gasteiger partial charge >= 0.3 is 0 Å². The lowest BCUT2D eigenvalue weighted by atomic mass is 10.1. The van der Waals surface area contributed by atoms with Crippen LogP contribution in [0.2, 0.25) is 0 Å².